The summed E-state index contributed by atoms with van der Waals surface area (Å²) >= 11 is 3.23. The van der Waals surface area contributed by atoms with Gasteiger partial charge in [0.1, 0.15) is 4.34 Å². The number of fused-ring (bicyclic) bond motifs is 1. The highest BCUT2D eigenvalue weighted by Gasteiger charge is 2.14. The third-order valence-corrected chi connectivity index (χ3v) is 5.89. The molecule has 5 heteroatoms. The van der Waals surface area contributed by atoms with E-state index in [2.05, 4.69) is 22.4 Å². The summed E-state index contributed by atoms with van der Waals surface area (Å²) in [7, 11) is 0. The number of carbonyl (C=O) groups is 1. The van der Waals surface area contributed by atoms with Gasteiger partial charge in [-0.3, -0.25) is 4.79 Å². The molecule has 1 aromatic heterocycles. The maximum absolute atomic E-state index is 12.2. The molecule has 0 aliphatic heterocycles. The molecule has 0 saturated heterocycles. The molecule has 3 nitrogen and oxygen atoms in total. The SMILES string of the molecule is CSc1nc(C)c(CC(=O)Nc2ccc3c(c2)CCC3)s1. The summed E-state index contributed by atoms with van der Waals surface area (Å²) in [4.78, 5) is 17.7. The fraction of sp³-hybridized carbons (Fsp3) is 0.375. The molecule has 0 radical (unpaired) electrons. The van der Waals surface area contributed by atoms with Crippen LogP contribution in [-0.4, -0.2) is 17.1 Å². The minimum Gasteiger partial charge on any atom is -0.326 e. The first kappa shape index (κ1) is 14.6. The van der Waals surface area contributed by atoms with Crippen molar-refractivity contribution in [2.24, 2.45) is 0 Å². The van der Waals surface area contributed by atoms with Crippen molar-refractivity contribution in [3.05, 3.63) is 39.9 Å². The predicted molar refractivity (Wildman–Crippen MR) is 89.4 cm³/mol. The summed E-state index contributed by atoms with van der Waals surface area (Å²) < 4.78 is 1.02. The molecule has 1 amide bonds. The topological polar surface area (TPSA) is 42.0 Å². The number of amides is 1. The molecule has 0 bridgehead atoms. The number of benzene rings is 1. The van der Waals surface area contributed by atoms with E-state index in [0.717, 1.165) is 27.0 Å². The molecular weight excluding hydrogens is 300 g/mol. The molecule has 0 atom stereocenters. The number of aromatic nitrogens is 1. The zero-order valence-corrected chi connectivity index (χ0v) is 13.9. The van der Waals surface area contributed by atoms with Gasteiger partial charge in [0.15, 0.2) is 0 Å². The summed E-state index contributed by atoms with van der Waals surface area (Å²) in [6.07, 6.45) is 5.93. The zero-order chi connectivity index (χ0) is 14.8. The standard InChI is InChI=1S/C16H18N2OS2/c1-10-14(21-16(17-10)20-2)9-15(19)18-13-7-6-11-4-3-5-12(11)8-13/h6-8H,3-5,9H2,1-2H3,(H,18,19). The van der Waals surface area contributed by atoms with Gasteiger partial charge in [0.25, 0.3) is 0 Å². The average Bonchev–Trinajstić information content (AvgIpc) is 3.05. The van der Waals surface area contributed by atoms with E-state index in [9.17, 15) is 4.79 Å². The van der Waals surface area contributed by atoms with Crippen LogP contribution in [0.3, 0.4) is 0 Å². The molecule has 1 aliphatic carbocycles. The largest absolute Gasteiger partial charge is 0.326 e. The van der Waals surface area contributed by atoms with Crippen LogP contribution in [0.5, 0.6) is 0 Å². The van der Waals surface area contributed by atoms with E-state index >= 15 is 0 Å². The van der Waals surface area contributed by atoms with E-state index < -0.39 is 0 Å². The Bertz CT molecular complexity index is 679. The highest BCUT2D eigenvalue weighted by Crippen LogP contribution is 2.27. The van der Waals surface area contributed by atoms with Crippen LogP contribution in [0.25, 0.3) is 0 Å². The van der Waals surface area contributed by atoms with Crippen molar-refractivity contribution in [1.82, 2.24) is 4.98 Å². The van der Waals surface area contributed by atoms with Gasteiger partial charge >= 0.3 is 0 Å². The van der Waals surface area contributed by atoms with Crippen molar-refractivity contribution in [3.63, 3.8) is 0 Å². The molecule has 1 aromatic carbocycles. The van der Waals surface area contributed by atoms with Crippen molar-refractivity contribution in [1.29, 1.82) is 0 Å². The minimum atomic E-state index is 0.0346. The van der Waals surface area contributed by atoms with E-state index in [0.29, 0.717) is 6.42 Å². The number of hydrogen-bond donors (Lipinski definition) is 1. The summed E-state index contributed by atoms with van der Waals surface area (Å²) in [5.74, 6) is 0.0346. The number of rotatable bonds is 4. The zero-order valence-electron chi connectivity index (χ0n) is 12.2. The van der Waals surface area contributed by atoms with Gasteiger partial charge in [-0.2, -0.15) is 0 Å². The van der Waals surface area contributed by atoms with E-state index in [1.807, 2.05) is 19.2 Å². The van der Waals surface area contributed by atoms with Crippen molar-refractivity contribution in [2.45, 2.75) is 36.9 Å². The van der Waals surface area contributed by atoms with E-state index in [-0.39, 0.29) is 5.91 Å². The Balaban J connectivity index is 1.67. The van der Waals surface area contributed by atoms with E-state index in [4.69, 9.17) is 0 Å². The number of anilines is 1. The Morgan fingerprint density at radius 1 is 1.38 bits per heavy atom. The van der Waals surface area contributed by atoms with E-state index in [1.165, 1.54) is 24.0 Å². The number of aryl methyl sites for hydroxylation is 3. The second kappa shape index (κ2) is 6.20. The maximum atomic E-state index is 12.2. The average molecular weight is 318 g/mol. The molecule has 0 fully saturated rings. The molecule has 1 heterocycles. The second-order valence-corrected chi connectivity index (χ2v) is 7.39. The number of thioether (sulfide) groups is 1. The highest BCUT2D eigenvalue weighted by molar-refractivity contribution is 8.00. The first-order chi connectivity index (χ1) is 10.2. The lowest BCUT2D eigenvalue weighted by Crippen LogP contribution is -2.14. The Hall–Kier alpha value is -1.33. The van der Waals surface area contributed by atoms with Crippen molar-refractivity contribution >= 4 is 34.7 Å². The summed E-state index contributed by atoms with van der Waals surface area (Å²) in [5.41, 5.74) is 4.68. The molecule has 0 saturated carbocycles. The van der Waals surface area contributed by atoms with Gasteiger partial charge in [-0.25, -0.2) is 4.98 Å². The molecule has 0 unspecified atom stereocenters. The first-order valence-corrected chi connectivity index (χ1v) is 9.12. The molecule has 3 rings (SSSR count). The molecule has 21 heavy (non-hydrogen) atoms. The summed E-state index contributed by atoms with van der Waals surface area (Å²) in [6.45, 7) is 1.97. The van der Waals surface area contributed by atoms with Crippen molar-refractivity contribution in [3.8, 4) is 0 Å². The van der Waals surface area contributed by atoms with Crippen molar-refractivity contribution < 1.29 is 4.79 Å². The third kappa shape index (κ3) is 3.30. The van der Waals surface area contributed by atoms with Gasteiger partial charge in [-0.05, 0) is 55.7 Å². The second-order valence-electron chi connectivity index (χ2n) is 5.25. The van der Waals surface area contributed by atoms with Gasteiger partial charge < -0.3 is 5.32 Å². The fourth-order valence-corrected chi connectivity index (χ4v) is 4.31. The molecular formula is C16H18N2OS2. The first-order valence-electron chi connectivity index (χ1n) is 7.07. The predicted octanol–water partition coefficient (Wildman–Crippen LogP) is 3.84. The lowest BCUT2D eigenvalue weighted by atomic mass is 10.1. The van der Waals surface area contributed by atoms with Gasteiger partial charge in [-0.15, -0.1) is 11.3 Å². The number of carbonyl (C=O) groups excluding carboxylic acids is 1. The molecule has 1 N–H and O–H groups in total. The normalized spacial score (nSPS) is 13.2. The fourth-order valence-electron chi connectivity index (χ4n) is 2.65. The van der Waals surface area contributed by atoms with Crippen LogP contribution in [0.1, 0.15) is 28.1 Å². The Morgan fingerprint density at radius 2 is 2.19 bits per heavy atom. The van der Waals surface area contributed by atoms with Crippen molar-refractivity contribution in [2.75, 3.05) is 11.6 Å². The van der Waals surface area contributed by atoms with Crippen LogP contribution in [0.2, 0.25) is 0 Å². The quantitative estimate of drug-likeness (QED) is 0.871. The number of hydrogen-bond acceptors (Lipinski definition) is 4. The molecule has 110 valence electrons. The lowest BCUT2D eigenvalue weighted by Gasteiger charge is -2.07. The Labute approximate surface area is 133 Å². The molecule has 1 aliphatic rings. The smallest absolute Gasteiger partial charge is 0.229 e. The molecule has 2 aromatic rings. The van der Waals surface area contributed by atoms with Crippen LogP contribution in [0.4, 0.5) is 5.69 Å². The van der Waals surface area contributed by atoms with Crippen LogP contribution in [0.15, 0.2) is 22.5 Å². The van der Waals surface area contributed by atoms with Crippen LogP contribution >= 0.6 is 23.1 Å². The number of nitrogens with zero attached hydrogens (tertiary/aromatic N) is 1. The van der Waals surface area contributed by atoms with Gasteiger partial charge in [0.05, 0.1) is 12.1 Å². The van der Waals surface area contributed by atoms with Gasteiger partial charge in [0.2, 0.25) is 5.91 Å². The van der Waals surface area contributed by atoms with Gasteiger partial charge in [-0.1, -0.05) is 17.8 Å². The number of thiazole rings is 1. The summed E-state index contributed by atoms with van der Waals surface area (Å²) in [5, 5.41) is 3.01. The van der Waals surface area contributed by atoms with E-state index in [1.54, 1.807) is 23.1 Å². The monoisotopic (exact) mass is 318 g/mol. The maximum Gasteiger partial charge on any atom is 0.229 e. The van der Waals surface area contributed by atoms with Crippen LogP contribution in [-0.2, 0) is 24.1 Å². The Morgan fingerprint density at radius 3 is 2.95 bits per heavy atom. The van der Waals surface area contributed by atoms with Crippen LogP contribution < -0.4 is 5.32 Å². The Kier molecular flexibility index (Phi) is 4.31. The molecule has 0 spiro atoms. The van der Waals surface area contributed by atoms with Crippen LogP contribution in [0, 0.1) is 6.92 Å². The lowest BCUT2D eigenvalue weighted by molar-refractivity contribution is -0.115. The summed E-state index contributed by atoms with van der Waals surface area (Å²) in [6, 6.07) is 6.27. The minimum absolute atomic E-state index is 0.0346. The number of nitrogens with one attached hydrogen (secondary N) is 1. The van der Waals surface area contributed by atoms with Gasteiger partial charge in [0, 0.05) is 10.6 Å². The highest BCUT2D eigenvalue weighted by atomic mass is 32.2. The third-order valence-electron chi connectivity index (χ3n) is 3.75.